The Kier molecular flexibility index (Phi) is 7.19. The van der Waals surface area contributed by atoms with Gasteiger partial charge in [-0.2, -0.15) is 0 Å². The largest absolute Gasteiger partial charge is 0.354 e. The molecule has 1 atom stereocenters. The van der Waals surface area contributed by atoms with Crippen LogP contribution in [0, 0.1) is 5.82 Å². The van der Waals surface area contributed by atoms with Crippen LogP contribution in [0.1, 0.15) is 46.9 Å². The van der Waals surface area contributed by atoms with Gasteiger partial charge in [-0.25, -0.2) is 4.39 Å². The third kappa shape index (κ3) is 4.65. The van der Waals surface area contributed by atoms with Crippen LogP contribution in [0.15, 0.2) is 48.5 Å². The van der Waals surface area contributed by atoms with Crippen molar-refractivity contribution in [2.45, 2.75) is 38.0 Å². The van der Waals surface area contributed by atoms with Gasteiger partial charge in [-0.1, -0.05) is 36.7 Å². The average Bonchev–Trinajstić information content (AvgIpc) is 3.21. The van der Waals surface area contributed by atoms with Crippen molar-refractivity contribution >= 4 is 29.3 Å². The Morgan fingerprint density at radius 1 is 1.12 bits per heavy atom. The smallest absolute Gasteiger partial charge is 0.256 e. The molecule has 34 heavy (non-hydrogen) atoms. The Morgan fingerprint density at radius 2 is 1.85 bits per heavy atom. The second kappa shape index (κ2) is 10.1. The van der Waals surface area contributed by atoms with Crippen LogP contribution in [-0.2, 0) is 9.53 Å². The molecule has 1 N–H and O–H groups in total. The summed E-state index contributed by atoms with van der Waals surface area (Å²) in [5.74, 6) is -1.51. The molecule has 7 nitrogen and oxygen atoms in total. The summed E-state index contributed by atoms with van der Waals surface area (Å²) in [4.78, 5) is 42.6. The lowest BCUT2D eigenvalue weighted by Gasteiger charge is -2.44. The van der Waals surface area contributed by atoms with Gasteiger partial charge in [0.05, 0.1) is 17.2 Å². The van der Waals surface area contributed by atoms with E-state index in [2.05, 4.69) is 5.32 Å². The lowest BCUT2D eigenvalue weighted by Crippen LogP contribution is -2.59. The highest BCUT2D eigenvalue weighted by Gasteiger charge is 2.54. The van der Waals surface area contributed by atoms with Gasteiger partial charge < -0.3 is 15.0 Å². The van der Waals surface area contributed by atoms with E-state index in [1.807, 2.05) is 6.92 Å². The molecule has 2 fully saturated rings. The molecule has 0 aromatic heterocycles. The van der Waals surface area contributed by atoms with E-state index < -0.39 is 23.5 Å². The second-order valence-corrected chi connectivity index (χ2v) is 8.93. The van der Waals surface area contributed by atoms with Crippen LogP contribution >= 0.6 is 11.6 Å². The minimum absolute atomic E-state index is 0.0368. The SMILES string of the molecule is CCCNC(=O)C1COC2(CCN(C(=O)c3ccccc3Cl)CC2)N1C(=O)c1cccc(F)c1. The van der Waals surface area contributed by atoms with Crippen LogP contribution in [0.5, 0.6) is 0 Å². The summed E-state index contributed by atoms with van der Waals surface area (Å²) in [6.07, 6.45) is 1.39. The lowest BCUT2D eigenvalue weighted by atomic mass is 9.96. The maximum absolute atomic E-state index is 13.9. The number of likely N-dealkylation sites (tertiary alicyclic amines) is 1. The van der Waals surface area contributed by atoms with Gasteiger partial charge in [-0.3, -0.25) is 19.3 Å². The molecule has 9 heteroatoms. The van der Waals surface area contributed by atoms with Crippen molar-refractivity contribution in [1.29, 1.82) is 0 Å². The van der Waals surface area contributed by atoms with Crippen LogP contribution in [0.25, 0.3) is 0 Å². The number of carbonyl (C=O) groups excluding carboxylic acids is 3. The van der Waals surface area contributed by atoms with Crippen molar-refractivity contribution in [2.24, 2.45) is 0 Å². The zero-order valence-electron chi connectivity index (χ0n) is 18.9. The number of benzene rings is 2. The zero-order chi connectivity index (χ0) is 24.3. The summed E-state index contributed by atoms with van der Waals surface area (Å²) in [7, 11) is 0. The molecule has 1 unspecified atom stereocenters. The highest BCUT2D eigenvalue weighted by molar-refractivity contribution is 6.33. The summed E-state index contributed by atoms with van der Waals surface area (Å²) >= 11 is 6.20. The van der Waals surface area contributed by atoms with Crippen LogP contribution in [0.4, 0.5) is 4.39 Å². The van der Waals surface area contributed by atoms with Crippen molar-refractivity contribution in [2.75, 3.05) is 26.2 Å². The van der Waals surface area contributed by atoms with Crippen LogP contribution in [-0.4, -0.2) is 65.5 Å². The summed E-state index contributed by atoms with van der Waals surface area (Å²) in [5.41, 5.74) is -0.501. The first-order valence-electron chi connectivity index (χ1n) is 11.4. The van der Waals surface area contributed by atoms with Crippen LogP contribution < -0.4 is 5.32 Å². The molecule has 2 aliphatic heterocycles. The molecule has 3 amide bonds. The maximum atomic E-state index is 13.9. The summed E-state index contributed by atoms with van der Waals surface area (Å²) in [5, 5.41) is 3.21. The molecule has 0 radical (unpaired) electrons. The van der Waals surface area contributed by atoms with E-state index in [1.54, 1.807) is 29.2 Å². The molecule has 180 valence electrons. The summed E-state index contributed by atoms with van der Waals surface area (Å²) in [6.45, 7) is 3.09. The average molecular weight is 488 g/mol. The minimum atomic E-state index is -1.06. The van der Waals surface area contributed by atoms with Crippen molar-refractivity contribution in [3.63, 3.8) is 0 Å². The van der Waals surface area contributed by atoms with E-state index in [0.717, 1.165) is 12.5 Å². The third-order valence-electron chi connectivity index (χ3n) is 6.34. The van der Waals surface area contributed by atoms with E-state index >= 15 is 0 Å². The van der Waals surface area contributed by atoms with E-state index in [4.69, 9.17) is 16.3 Å². The van der Waals surface area contributed by atoms with Gasteiger partial charge in [-0.05, 0) is 36.8 Å². The Labute approximate surface area is 202 Å². The molecule has 2 heterocycles. The standard InChI is InChI=1S/C25H27ClFN3O4/c1-2-12-28-22(31)21-16-34-25(30(21)23(32)17-6-5-7-18(27)15-17)10-13-29(14-11-25)24(33)19-8-3-4-9-20(19)26/h3-9,15,21H,2,10-14,16H2,1H3,(H,28,31). The van der Waals surface area contributed by atoms with Gasteiger partial charge in [0.15, 0.2) is 0 Å². The number of nitrogens with one attached hydrogen (secondary N) is 1. The summed E-state index contributed by atoms with van der Waals surface area (Å²) < 4.78 is 20.0. The Balaban J connectivity index is 1.58. The first-order chi connectivity index (χ1) is 16.4. The zero-order valence-corrected chi connectivity index (χ0v) is 19.7. The van der Waals surface area contributed by atoms with Crippen LogP contribution in [0.3, 0.4) is 0 Å². The fourth-order valence-corrected chi connectivity index (χ4v) is 4.77. The van der Waals surface area contributed by atoms with E-state index in [9.17, 15) is 18.8 Å². The van der Waals surface area contributed by atoms with Crippen molar-refractivity contribution < 1.29 is 23.5 Å². The Hall–Kier alpha value is -2.97. The molecule has 0 bridgehead atoms. The quantitative estimate of drug-likeness (QED) is 0.700. The fourth-order valence-electron chi connectivity index (χ4n) is 4.56. The van der Waals surface area contributed by atoms with Crippen molar-refractivity contribution in [3.05, 3.63) is 70.5 Å². The monoisotopic (exact) mass is 487 g/mol. The van der Waals surface area contributed by atoms with Gasteiger partial charge in [0.1, 0.15) is 17.6 Å². The normalized spacial score (nSPS) is 19.3. The van der Waals surface area contributed by atoms with Crippen LogP contribution in [0.2, 0.25) is 5.02 Å². The Morgan fingerprint density at radius 3 is 2.53 bits per heavy atom. The molecule has 2 aliphatic rings. The fraction of sp³-hybridized carbons (Fsp3) is 0.400. The molecule has 0 saturated carbocycles. The lowest BCUT2D eigenvalue weighted by molar-refractivity contribution is -0.128. The minimum Gasteiger partial charge on any atom is -0.354 e. The molecule has 2 saturated heterocycles. The van der Waals surface area contributed by atoms with Crippen molar-refractivity contribution in [1.82, 2.24) is 15.1 Å². The van der Waals surface area contributed by atoms with Gasteiger partial charge >= 0.3 is 0 Å². The molecule has 2 aromatic rings. The topological polar surface area (TPSA) is 79.0 Å². The first-order valence-corrected chi connectivity index (χ1v) is 11.8. The number of ether oxygens (including phenoxy) is 1. The predicted octanol–water partition coefficient (Wildman–Crippen LogP) is 3.48. The van der Waals surface area contributed by atoms with E-state index in [0.29, 0.717) is 43.1 Å². The number of amides is 3. The second-order valence-electron chi connectivity index (χ2n) is 8.52. The number of rotatable bonds is 5. The number of halogens is 2. The molecule has 2 aromatic carbocycles. The van der Waals surface area contributed by atoms with Gasteiger partial charge in [0.2, 0.25) is 5.91 Å². The molecular weight excluding hydrogens is 461 g/mol. The summed E-state index contributed by atoms with van der Waals surface area (Å²) in [6, 6.07) is 11.4. The molecule has 1 spiro atoms. The number of hydrogen-bond acceptors (Lipinski definition) is 4. The Bertz CT molecular complexity index is 1090. The van der Waals surface area contributed by atoms with Gasteiger partial charge in [0, 0.05) is 38.0 Å². The molecular formula is C25H27ClFN3O4. The molecule has 0 aliphatic carbocycles. The highest BCUT2D eigenvalue weighted by Crippen LogP contribution is 2.39. The van der Waals surface area contributed by atoms with E-state index in [-0.39, 0.29) is 24.0 Å². The van der Waals surface area contributed by atoms with Gasteiger partial charge in [0.25, 0.3) is 11.8 Å². The number of piperidine rings is 1. The predicted molar refractivity (Wildman–Crippen MR) is 125 cm³/mol. The number of carbonyl (C=O) groups is 3. The van der Waals surface area contributed by atoms with E-state index in [1.165, 1.54) is 23.1 Å². The van der Waals surface area contributed by atoms with Crippen molar-refractivity contribution in [3.8, 4) is 0 Å². The highest BCUT2D eigenvalue weighted by atomic mass is 35.5. The van der Waals surface area contributed by atoms with Gasteiger partial charge in [-0.15, -0.1) is 0 Å². The number of hydrogen-bond donors (Lipinski definition) is 1. The number of nitrogens with zero attached hydrogens (tertiary/aromatic N) is 2. The maximum Gasteiger partial charge on any atom is 0.256 e. The first kappa shape index (κ1) is 24.2. The molecule has 4 rings (SSSR count). The third-order valence-corrected chi connectivity index (χ3v) is 6.67.